The fourth-order valence-electron chi connectivity index (χ4n) is 1.23. The fraction of sp³-hybridized carbons (Fsp3) is 0. The van der Waals surface area contributed by atoms with Crippen molar-refractivity contribution >= 4 is 17.6 Å². The fourth-order valence-corrected chi connectivity index (χ4v) is 1.36. The zero-order valence-corrected chi connectivity index (χ0v) is 8.86. The molecule has 0 atom stereocenters. The number of nitrogens with one attached hydrogen (secondary N) is 1. The number of carboxylic acids is 1. The molecule has 0 radical (unpaired) electrons. The Morgan fingerprint density at radius 2 is 1.94 bits per heavy atom. The molecule has 0 bridgehead atoms. The highest BCUT2D eigenvalue weighted by Gasteiger charge is 2.12. The molecule has 1 aromatic heterocycles. The number of hydrogen-bond acceptors (Lipinski definition) is 2. The molecule has 5 heteroatoms. The molecular formula is C11H8ClNO3. The van der Waals surface area contributed by atoms with Gasteiger partial charge in [-0.05, 0) is 24.3 Å². The van der Waals surface area contributed by atoms with Gasteiger partial charge >= 0.3 is 5.97 Å². The quantitative estimate of drug-likeness (QED) is 0.862. The minimum Gasteiger partial charge on any atom is -0.477 e. The predicted molar refractivity (Wildman–Crippen MR) is 59.3 cm³/mol. The van der Waals surface area contributed by atoms with E-state index in [1.165, 1.54) is 12.4 Å². The zero-order valence-electron chi connectivity index (χ0n) is 8.11. The monoisotopic (exact) mass is 237 g/mol. The highest BCUT2D eigenvalue weighted by Crippen LogP contribution is 2.25. The number of hydrogen-bond donors (Lipinski definition) is 2. The maximum absolute atomic E-state index is 10.8. The standard InChI is InChI=1S/C11H8ClNO3/c12-7-1-3-8(4-2-7)16-10-6-13-5-9(10)11(14)15/h1-6,13H,(H,14,15). The molecule has 2 N–H and O–H groups in total. The van der Waals surface area contributed by atoms with Crippen molar-refractivity contribution in [2.45, 2.75) is 0 Å². The molecule has 0 saturated carbocycles. The van der Waals surface area contributed by atoms with Gasteiger partial charge in [-0.15, -0.1) is 0 Å². The smallest absolute Gasteiger partial charge is 0.341 e. The summed E-state index contributed by atoms with van der Waals surface area (Å²) in [5.41, 5.74) is 0.0925. The third-order valence-corrected chi connectivity index (χ3v) is 2.23. The van der Waals surface area contributed by atoms with Crippen molar-refractivity contribution in [3.8, 4) is 11.5 Å². The van der Waals surface area contributed by atoms with Crippen LogP contribution in [0.25, 0.3) is 0 Å². The zero-order chi connectivity index (χ0) is 11.5. The van der Waals surface area contributed by atoms with Gasteiger partial charge in [-0.3, -0.25) is 0 Å². The maximum Gasteiger partial charge on any atom is 0.341 e. The number of aromatic amines is 1. The molecule has 1 heterocycles. The van der Waals surface area contributed by atoms with E-state index in [1.54, 1.807) is 24.3 Å². The van der Waals surface area contributed by atoms with E-state index >= 15 is 0 Å². The molecule has 0 fully saturated rings. The van der Waals surface area contributed by atoms with Crippen molar-refractivity contribution in [1.29, 1.82) is 0 Å². The second kappa shape index (κ2) is 4.28. The topological polar surface area (TPSA) is 62.3 Å². The number of H-pyrrole nitrogens is 1. The van der Waals surface area contributed by atoms with Gasteiger partial charge < -0.3 is 14.8 Å². The number of carbonyl (C=O) groups is 1. The Hall–Kier alpha value is -1.94. The molecule has 0 unspecified atom stereocenters. The summed E-state index contributed by atoms with van der Waals surface area (Å²) in [6, 6.07) is 6.68. The molecule has 0 aliphatic rings. The Kier molecular flexibility index (Phi) is 2.83. The summed E-state index contributed by atoms with van der Waals surface area (Å²) in [6.07, 6.45) is 2.85. The van der Waals surface area contributed by atoms with Gasteiger partial charge in [0.1, 0.15) is 11.3 Å². The Balaban J connectivity index is 2.23. The molecule has 0 aliphatic heterocycles. The Bertz CT molecular complexity index is 504. The second-order valence-corrected chi connectivity index (χ2v) is 3.53. The van der Waals surface area contributed by atoms with E-state index in [2.05, 4.69) is 4.98 Å². The van der Waals surface area contributed by atoms with Crippen LogP contribution in [0.3, 0.4) is 0 Å². The van der Waals surface area contributed by atoms with Gasteiger partial charge in [0.25, 0.3) is 0 Å². The van der Waals surface area contributed by atoms with Crippen molar-refractivity contribution in [1.82, 2.24) is 4.98 Å². The van der Waals surface area contributed by atoms with E-state index in [0.717, 1.165) is 0 Å². The highest BCUT2D eigenvalue weighted by atomic mass is 35.5. The molecule has 16 heavy (non-hydrogen) atoms. The third-order valence-electron chi connectivity index (χ3n) is 1.98. The van der Waals surface area contributed by atoms with E-state index in [4.69, 9.17) is 21.4 Å². The summed E-state index contributed by atoms with van der Waals surface area (Å²) in [7, 11) is 0. The molecule has 0 aliphatic carbocycles. The van der Waals surface area contributed by atoms with Crippen LogP contribution in [-0.4, -0.2) is 16.1 Å². The van der Waals surface area contributed by atoms with Gasteiger partial charge in [-0.1, -0.05) is 11.6 Å². The minimum absolute atomic E-state index is 0.0925. The van der Waals surface area contributed by atoms with Gasteiger partial charge in [-0.2, -0.15) is 0 Å². The van der Waals surface area contributed by atoms with Crippen molar-refractivity contribution in [3.05, 3.63) is 47.2 Å². The van der Waals surface area contributed by atoms with Gasteiger partial charge in [-0.25, -0.2) is 4.79 Å². The Morgan fingerprint density at radius 3 is 2.56 bits per heavy atom. The average Bonchev–Trinajstić information content (AvgIpc) is 2.69. The van der Waals surface area contributed by atoms with Crippen LogP contribution in [0.4, 0.5) is 0 Å². The lowest BCUT2D eigenvalue weighted by Crippen LogP contribution is -1.96. The lowest BCUT2D eigenvalue weighted by molar-refractivity contribution is 0.0694. The minimum atomic E-state index is -1.04. The molecule has 1 aromatic carbocycles. The molecule has 4 nitrogen and oxygen atoms in total. The number of halogens is 1. The van der Waals surface area contributed by atoms with E-state index in [0.29, 0.717) is 10.8 Å². The summed E-state index contributed by atoms with van der Waals surface area (Å²) in [4.78, 5) is 13.5. The van der Waals surface area contributed by atoms with Crippen LogP contribution in [0.15, 0.2) is 36.7 Å². The van der Waals surface area contributed by atoms with Crippen LogP contribution in [-0.2, 0) is 0 Å². The van der Waals surface area contributed by atoms with Gasteiger partial charge in [0.2, 0.25) is 0 Å². The van der Waals surface area contributed by atoms with E-state index in [1.807, 2.05) is 0 Å². The average molecular weight is 238 g/mol. The van der Waals surface area contributed by atoms with Crippen molar-refractivity contribution < 1.29 is 14.6 Å². The van der Waals surface area contributed by atoms with Crippen LogP contribution in [0, 0.1) is 0 Å². The van der Waals surface area contributed by atoms with Crippen LogP contribution < -0.4 is 4.74 Å². The predicted octanol–water partition coefficient (Wildman–Crippen LogP) is 3.16. The molecule has 0 amide bonds. The lowest BCUT2D eigenvalue weighted by atomic mass is 10.3. The summed E-state index contributed by atoms with van der Waals surface area (Å²) in [5, 5.41) is 9.45. The maximum atomic E-state index is 10.8. The number of ether oxygens (including phenoxy) is 1. The van der Waals surface area contributed by atoms with Crippen LogP contribution in [0.1, 0.15) is 10.4 Å². The van der Waals surface area contributed by atoms with Crippen LogP contribution >= 0.6 is 11.6 Å². The number of carboxylic acid groups (broad SMARTS) is 1. The summed E-state index contributed by atoms with van der Waals surface area (Å²) in [6.45, 7) is 0. The molecule has 82 valence electrons. The molecular weight excluding hydrogens is 230 g/mol. The third kappa shape index (κ3) is 2.17. The normalized spacial score (nSPS) is 10.1. The first-order chi connectivity index (χ1) is 7.66. The first-order valence-corrected chi connectivity index (χ1v) is 4.88. The van der Waals surface area contributed by atoms with Gasteiger partial charge in [0.15, 0.2) is 5.75 Å². The number of benzene rings is 1. The highest BCUT2D eigenvalue weighted by molar-refractivity contribution is 6.30. The SMILES string of the molecule is O=C(O)c1c[nH]cc1Oc1ccc(Cl)cc1. The molecule has 0 spiro atoms. The van der Waals surface area contributed by atoms with Crippen LogP contribution in [0.2, 0.25) is 5.02 Å². The summed E-state index contributed by atoms with van der Waals surface area (Å²) < 4.78 is 5.40. The molecule has 2 aromatic rings. The lowest BCUT2D eigenvalue weighted by Gasteiger charge is -2.04. The van der Waals surface area contributed by atoms with E-state index < -0.39 is 5.97 Å². The number of rotatable bonds is 3. The van der Waals surface area contributed by atoms with Crippen molar-refractivity contribution in [2.24, 2.45) is 0 Å². The summed E-state index contributed by atoms with van der Waals surface area (Å²) in [5.74, 6) is -0.230. The van der Waals surface area contributed by atoms with Gasteiger partial charge in [0.05, 0.1) is 0 Å². The van der Waals surface area contributed by atoms with Crippen molar-refractivity contribution in [3.63, 3.8) is 0 Å². The van der Waals surface area contributed by atoms with E-state index in [-0.39, 0.29) is 11.3 Å². The summed E-state index contributed by atoms with van der Waals surface area (Å²) >= 11 is 5.72. The van der Waals surface area contributed by atoms with Gasteiger partial charge in [0, 0.05) is 17.4 Å². The largest absolute Gasteiger partial charge is 0.477 e. The first-order valence-electron chi connectivity index (χ1n) is 4.50. The Labute approximate surface area is 96.4 Å². The number of aromatic nitrogens is 1. The molecule has 0 saturated heterocycles. The number of aromatic carboxylic acids is 1. The van der Waals surface area contributed by atoms with Crippen LogP contribution in [0.5, 0.6) is 11.5 Å². The Morgan fingerprint density at radius 1 is 1.25 bits per heavy atom. The first kappa shape index (κ1) is 10.6. The van der Waals surface area contributed by atoms with Crippen molar-refractivity contribution in [2.75, 3.05) is 0 Å². The molecule has 2 rings (SSSR count). The second-order valence-electron chi connectivity index (χ2n) is 3.09. The van der Waals surface area contributed by atoms with E-state index in [9.17, 15) is 4.79 Å².